The molecular weight excluding hydrogens is 318 g/mol. The zero-order valence-corrected chi connectivity index (χ0v) is 13.9. The molecule has 1 aliphatic rings. The van der Waals surface area contributed by atoms with E-state index in [0.717, 1.165) is 40.9 Å². The summed E-state index contributed by atoms with van der Waals surface area (Å²) < 4.78 is 1.93. The van der Waals surface area contributed by atoms with Gasteiger partial charge >= 0.3 is 0 Å². The number of nitriles is 1. The summed E-state index contributed by atoms with van der Waals surface area (Å²) in [7, 11) is 0. The second kappa shape index (κ2) is 6.14. The molecule has 24 heavy (non-hydrogen) atoms. The summed E-state index contributed by atoms with van der Waals surface area (Å²) in [5.41, 5.74) is 5.83. The average molecular weight is 334 g/mol. The number of fused-ring (bicyclic) bond motifs is 1. The Morgan fingerprint density at radius 2 is 2.00 bits per heavy atom. The van der Waals surface area contributed by atoms with Crippen LogP contribution in [0.5, 0.6) is 0 Å². The fourth-order valence-electron chi connectivity index (χ4n) is 3.34. The first kappa shape index (κ1) is 15.0. The molecule has 1 aliphatic carbocycles. The van der Waals surface area contributed by atoms with Gasteiger partial charge in [0.05, 0.1) is 23.7 Å². The van der Waals surface area contributed by atoms with E-state index in [2.05, 4.69) is 23.3 Å². The predicted molar refractivity (Wildman–Crippen MR) is 96.6 cm³/mol. The summed E-state index contributed by atoms with van der Waals surface area (Å²) in [4.78, 5) is 0. The number of allylic oxidation sites excluding steroid dienone is 2. The van der Waals surface area contributed by atoms with Gasteiger partial charge in [-0.05, 0) is 48.6 Å². The van der Waals surface area contributed by atoms with Crippen LogP contribution in [0.3, 0.4) is 0 Å². The van der Waals surface area contributed by atoms with Crippen LogP contribution in [-0.2, 0) is 0 Å². The van der Waals surface area contributed by atoms with Gasteiger partial charge in [0.25, 0.3) is 0 Å². The van der Waals surface area contributed by atoms with Crippen LogP contribution < -0.4 is 0 Å². The molecule has 4 heteroatoms. The van der Waals surface area contributed by atoms with Crippen LogP contribution in [-0.4, -0.2) is 9.61 Å². The van der Waals surface area contributed by atoms with Crippen molar-refractivity contribution < 1.29 is 0 Å². The smallest absolute Gasteiger partial charge is 0.0814 e. The van der Waals surface area contributed by atoms with Crippen molar-refractivity contribution in [2.24, 2.45) is 5.92 Å². The lowest BCUT2D eigenvalue weighted by atomic mass is 9.86. The molecule has 0 bridgehead atoms. The maximum absolute atomic E-state index is 9.10. The zero-order valence-electron chi connectivity index (χ0n) is 13.1. The Bertz CT molecular complexity index is 961. The van der Waals surface area contributed by atoms with Gasteiger partial charge in [0.15, 0.2) is 0 Å². The lowest BCUT2D eigenvalue weighted by molar-refractivity contribution is 0.604. The minimum Gasteiger partial charge on any atom is -0.240 e. The van der Waals surface area contributed by atoms with Crippen molar-refractivity contribution in [2.75, 3.05) is 0 Å². The first-order valence-electron chi connectivity index (χ1n) is 8.07. The van der Waals surface area contributed by atoms with Crippen LogP contribution in [0.25, 0.3) is 22.2 Å². The Morgan fingerprint density at radius 3 is 2.71 bits per heavy atom. The molecule has 0 saturated carbocycles. The average Bonchev–Trinajstić information content (AvgIpc) is 3.07. The predicted octanol–water partition coefficient (Wildman–Crippen LogP) is 5.36. The molecule has 0 amide bonds. The molecule has 1 unspecified atom stereocenters. The lowest BCUT2D eigenvalue weighted by Gasteiger charge is -2.18. The van der Waals surface area contributed by atoms with E-state index < -0.39 is 0 Å². The highest BCUT2D eigenvalue weighted by atomic mass is 35.5. The van der Waals surface area contributed by atoms with Crippen molar-refractivity contribution in [2.45, 2.75) is 19.3 Å². The first-order chi connectivity index (χ1) is 11.8. The molecule has 0 fully saturated rings. The molecule has 2 heterocycles. The van der Waals surface area contributed by atoms with Gasteiger partial charge in [-0.2, -0.15) is 10.4 Å². The SMILES string of the molecule is N#CC1CC=C(c2cccn3ncc(-c4ccc(Cl)cc4)c23)CC1. The maximum Gasteiger partial charge on any atom is 0.0814 e. The van der Waals surface area contributed by atoms with E-state index in [-0.39, 0.29) is 5.92 Å². The molecule has 0 radical (unpaired) electrons. The van der Waals surface area contributed by atoms with Gasteiger partial charge < -0.3 is 0 Å². The molecule has 118 valence electrons. The first-order valence-corrected chi connectivity index (χ1v) is 8.45. The molecule has 0 aliphatic heterocycles. The minimum atomic E-state index is 0.147. The Kier molecular flexibility index (Phi) is 3.84. The fraction of sp³-hybridized carbons (Fsp3) is 0.200. The summed E-state index contributed by atoms with van der Waals surface area (Å²) in [6.07, 6.45) is 8.78. The lowest BCUT2D eigenvalue weighted by Crippen LogP contribution is -2.04. The molecule has 2 aromatic heterocycles. The van der Waals surface area contributed by atoms with Gasteiger partial charge in [0.1, 0.15) is 0 Å². The minimum absolute atomic E-state index is 0.147. The van der Waals surface area contributed by atoms with Gasteiger partial charge in [-0.1, -0.05) is 35.9 Å². The van der Waals surface area contributed by atoms with E-state index >= 15 is 0 Å². The third-order valence-corrected chi connectivity index (χ3v) is 4.89. The van der Waals surface area contributed by atoms with Gasteiger partial charge in [0, 0.05) is 22.3 Å². The third kappa shape index (κ3) is 2.60. The van der Waals surface area contributed by atoms with E-state index in [4.69, 9.17) is 16.9 Å². The number of aromatic nitrogens is 2. The topological polar surface area (TPSA) is 41.1 Å². The Hall–Kier alpha value is -2.57. The third-order valence-electron chi connectivity index (χ3n) is 4.64. The molecule has 4 rings (SSSR count). The highest BCUT2D eigenvalue weighted by Gasteiger charge is 2.18. The number of nitrogens with zero attached hydrogens (tertiary/aromatic N) is 3. The van der Waals surface area contributed by atoms with Crippen molar-refractivity contribution >= 4 is 22.7 Å². The second-order valence-corrected chi connectivity index (χ2v) is 6.55. The number of pyridine rings is 1. The molecule has 1 aromatic carbocycles. The van der Waals surface area contributed by atoms with E-state index in [1.54, 1.807) is 0 Å². The van der Waals surface area contributed by atoms with Gasteiger partial charge in [-0.15, -0.1) is 0 Å². The van der Waals surface area contributed by atoms with Crippen LogP contribution in [0, 0.1) is 17.2 Å². The van der Waals surface area contributed by atoms with Crippen molar-refractivity contribution in [3.05, 3.63) is 65.5 Å². The van der Waals surface area contributed by atoms with Gasteiger partial charge in [-0.3, -0.25) is 0 Å². The number of rotatable bonds is 2. The second-order valence-electron chi connectivity index (χ2n) is 6.11. The number of hydrogen-bond acceptors (Lipinski definition) is 2. The maximum atomic E-state index is 9.10. The normalized spacial score (nSPS) is 17.5. The molecular formula is C20H16ClN3. The summed E-state index contributed by atoms with van der Waals surface area (Å²) in [5.74, 6) is 0.147. The molecule has 0 saturated heterocycles. The van der Waals surface area contributed by atoms with E-state index in [1.165, 1.54) is 11.1 Å². The fourth-order valence-corrected chi connectivity index (χ4v) is 3.47. The van der Waals surface area contributed by atoms with Crippen LogP contribution >= 0.6 is 11.6 Å². The molecule has 3 nitrogen and oxygen atoms in total. The van der Waals surface area contributed by atoms with Crippen molar-refractivity contribution in [3.63, 3.8) is 0 Å². The van der Waals surface area contributed by atoms with Crippen LogP contribution in [0.15, 0.2) is 54.9 Å². The Morgan fingerprint density at radius 1 is 1.17 bits per heavy atom. The summed E-state index contributed by atoms with van der Waals surface area (Å²) in [5, 5.41) is 14.3. The largest absolute Gasteiger partial charge is 0.240 e. The van der Waals surface area contributed by atoms with E-state index in [1.807, 2.05) is 47.2 Å². The van der Waals surface area contributed by atoms with Crippen LogP contribution in [0.2, 0.25) is 5.02 Å². The standard InChI is InChI=1S/C20H16ClN3/c21-17-9-7-16(8-10-17)19-13-23-24-11-1-2-18(20(19)24)15-5-3-14(12-22)4-6-15/h1-2,5,7-11,13-14H,3-4,6H2. The van der Waals surface area contributed by atoms with E-state index in [9.17, 15) is 0 Å². The van der Waals surface area contributed by atoms with Crippen LogP contribution in [0.1, 0.15) is 24.8 Å². The highest BCUT2D eigenvalue weighted by molar-refractivity contribution is 6.30. The summed E-state index contributed by atoms with van der Waals surface area (Å²) >= 11 is 6.02. The van der Waals surface area contributed by atoms with Gasteiger partial charge in [0.2, 0.25) is 0 Å². The van der Waals surface area contributed by atoms with Gasteiger partial charge in [-0.25, -0.2) is 4.52 Å². The van der Waals surface area contributed by atoms with Crippen molar-refractivity contribution in [3.8, 4) is 17.2 Å². The zero-order chi connectivity index (χ0) is 16.5. The Labute approximate surface area is 145 Å². The monoisotopic (exact) mass is 333 g/mol. The molecule has 0 N–H and O–H groups in total. The molecule has 1 atom stereocenters. The summed E-state index contributed by atoms with van der Waals surface area (Å²) in [6, 6.07) is 14.4. The summed E-state index contributed by atoms with van der Waals surface area (Å²) in [6.45, 7) is 0. The highest BCUT2D eigenvalue weighted by Crippen LogP contribution is 2.36. The molecule has 3 aromatic rings. The number of hydrogen-bond donors (Lipinski definition) is 0. The number of benzene rings is 1. The van der Waals surface area contributed by atoms with Crippen molar-refractivity contribution in [1.82, 2.24) is 9.61 Å². The van der Waals surface area contributed by atoms with E-state index in [0.29, 0.717) is 0 Å². The van der Waals surface area contributed by atoms with Crippen LogP contribution in [0.4, 0.5) is 0 Å². The number of halogens is 1. The molecule has 0 spiro atoms. The quantitative estimate of drug-likeness (QED) is 0.633. The Balaban J connectivity index is 1.85. The van der Waals surface area contributed by atoms with Crippen molar-refractivity contribution in [1.29, 1.82) is 5.26 Å².